The number of ether oxygens (including phenoxy) is 1. The Kier molecular flexibility index (Phi) is 13.4. The van der Waals surface area contributed by atoms with Crippen LogP contribution in [0.4, 0.5) is 5.69 Å². The topological polar surface area (TPSA) is 214 Å². The molecule has 376 valence electrons. The summed E-state index contributed by atoms with van der Waals surface area (Å²) >= 11 is 6.27. The highest BCUT2D eigenvalue weighted by molar-refractivity contribution is 6.31. The van der Waals surface area contributed by atoms with Crippen molar-refractivity contribution in [3.8, 4) is 23.1 Å². The van der Waals surface area contributed by atoms with Gasteiger partial charge < -0.3 is 24.8 Å². The second kappa shape index (κ2) is 19.7. The molecule has 2 N–H and O–H groups in total. The molecule has 5 aliphatic rings. The molecule has 1 aliphatic carbocycles. The molecule has 2 aromatic carbocycles. The SMILES string of the molecule is CC1(C)[C@H](NC(=O)c2ccc(-c3cnn(C4CCN(CC5CCN(C(=O)C6CCN(c7ccc8nnn(C9CCC(=O)NC9=O)c(=O)c8c7)CC6)CC5)CC4)c3)nc2)C(C)(C)[C@H]1Oc1ccc(C#N)c(Cl)c1. The number of aromatic nitrogens is 6. The highest BCUT2D eigenvalue weighted by Crippen LogP contribution is 2.55. The Morgan fingerprint density at radius 1 is 0.889 bits per heavy atom. The van der Waals surface area contributed by atoms with Crippen molar-refractivity contribution in [2.45, 2.75) is 103 Å². The minimum Gasteiger partial charge on any atom is -0.489 e. The van der Waals surface area contributed by atoms with Crippen LogP contribution in [0.2, 0.25) is 5.02 Å². The first-order chi connectivity index (χ1) is 34.6. The Morgan fingerprint density at radius 2 is 1.64 bits per heavy atom. The van der Waals surface area contributed by atoms with Crippen molar-refractivity contribution in [1.29, 1.82) is 5.26 Å². The molecule has 18 nitrogen and oxygen atoms in total. The van der Waals surface area contributed by atoms with Crippen molar-refractivity contribution in [1.82, 2.24) is 50.2 Å². The van der Waals surface area contributed by atoms with Gasteiger partial charge in [-0.15, -0.1) is 5.10 Å². The zero-order valence-corrected chi connectivity index (χ0v) is 42.0. The number of amides is 4. The molecule has 4 amide bonds. The number of likely N-dealkylation sites (tertiary alicyclic amines) is 2. The third kappa shape index (κ3) is 9.56. The first kappa shape index (κ1) is 48.9. The number of fused-ring (bicyclic) bond motifs is 1. The number of carbonyl (C=O) groups excluding carboxylic acids is 4. The van der Waals surface area contributed by atoms with E-state index in [1.807, 2.05) is 24.4 Å². The van der Waals surface area contributed by atoms with E-state index in [1.54, 1.807) is 36.5 Å². The minimum absolute atomic E-state index is 0.0321. The normalized spacial score (nSPS) is 23.0. The van der Waals surface area contributed by atoms with Crippen molar-refractivity contribution < 1.29 is 23.9 Å². The van der Waals surface area contributed by atoms with E-state index in [0.29, 0.717) is 57.9 Å². The van der Waals surface area contributed by atoms with Gasteiger partial charge in [0.25, 0.3) is 17.4 Å². The van der Waals surface area contributed by atoms with Gasteiger partial charge in [-0.25, -0.2) is 0 Å². The molecule has 72 heavy (non-hydrogen) atoms. The van der Waals surface area contributed by atoms with E-state index in [4.69, 9.17) is 21.4 Å². The van der Waals surface area contributed by atoms with E-state index in [0.717, 1.165) is 92.9 Å². The van der Waals surface area contributed by atoms with E-state index in [-0.39, 0.29) is 59.5 Å². The van der Waals surface area contributed by atoms with Gasteiger partial charge >= 0.3 is 0 Å². The number of piperidine rings is 4. The standard InChI is InChI=1S/C53H61ClN12O6/c1-52(2)50(53(3,4)51(52)72-39-8-5-34(27-55)41(54)26-39)59-46(68)35-6-9-42(56-28-35)36-29-57-65(31-36)37-17-19-62(20-18-37)30-32-13-21-64(22-14-32)48(70)33-15-23-63(24-16-33)38-7-10-43-40(25-38)49(71)66(61-60-43)44-11-12-45(67)58-47(44)69/h5-10,25-26,28-29,31-33,37,44,50-51H,11-24,30H2,1-4H3,(H,59,68)(H,58,67,69)/t44?,50-,51-. The van der Waals surface area contributed by atoms with Gasteiger partial charge in [0.1, 0.15) is 29.5 Å². The van der Waals surface area contributed by atoms with Crippen LogP contribution in [0.15, 0.2) is 71.9 Å². The number of anilines is 1. The van der Waals surface area contributed by atoms with Crippen LogP contribution in [0.1, 0.15) is 107 Å². The average Bonchev–Trinajstić information content (AvgIpc) is 3.88. The van der Waals surface area contributed by atoms with Crippen molar-refractivity contribution >= 4 is 51.8 Å². The molecule has 5 fully saturated rings. The Balaban J connectivity index is 0.651. The fourth-order valence-electron chi connectivity index (χ4n) is 12.2. The summed E-state index contributed by atoms with van der Waals surface area (Å²) in [7, 11) is 0. The molecular weight excluding hydrogens is 936 g/mol. The third-order valence-electron chi connectivity index (χ3n) is 16.1. The number of nitrogens with one attached hydrogen (secondary N) is 2. The lowest BCUT2D eigenvalue weighted by Gasteiger charge is -2.63. The molecule has 5 aromatic rings. The first-order valence-electron chi connectivity index (χ1n) is 25.2. The predicted octanol–water partition coefficient (Wildman–Crippen LogP) is 5.96. The quantitative estimate of drug-likeness (QED) is 0.147. The predicted molar refractivity (Wildman–Crippen MR) is 269 cm³/mol. The number of pyridine rings is 1. The summed E-state index contributed by atoms with van der Waals surface area (Å²) in [5.74, 6) is 0.245. The van der Waals surface area contributed by atoms with Gasteiger partial charge in [0.2, 0.25) is 11.8 Å². The smallest absolute Gasteiger partial charge is 0.278 e. The zero-order chi connectivity index (χ0) is 50.5. The van der Waals surface area contributed by atoms with Crippen LogP contribution in [0.5, 0.6) is 5.75 Å². The molecule has 10 rings (SSSR count). The molecule has 1 atom stereocenters. The number of hydrogen-bond acceptors (Lipinski definition) is 13. The minimum atomic E-state index is -0.881. The largest absolute Gasteiger partial charge is 0.489 e. The number of nitriles is 1. The van der Waals surface area contributed by atoms with Crippen LogP contribution in [0, 0.1) is 34.0 Å². The fraction of sp³-hybridized carbons (Fsp3) is 0.509. The summed E-state index contributed by atoms with van der Waals surface area (Å²) in [5, 5.41) is 28.4. The monoisotopic (exact) mass is 996 g/mol. The lowest BCUT2D eigenvalue weighted by Crippen LogP contribution is -2.74. The van der Waals surface area contributed by atoms with Crippen molar-refractivity contribution in [2.75, 3.05) is 50.7 Å². The number of rotatable bonds is 11. The van der Waals surface area contributed by atoms with Gasteiger partial charge in [-0.3, -0.25) is 39.0 Å². The molecule has 0 bridgehead atoms. The van der Waals surface area contributed by atoms with Crippen LogP contribution >= 0.6 is 11.6 Å². The molecule has 1 saturated carbocycles. The van der Waals surface area contributed by atoms with E-state index >= 15 is 0 Å². The van der Waals surface area contributed by atoms with Gasteiger partial charge in [-0.05, 0) is 93.3 Å². The molecular formula is C53H61ClN12O6. The number of imide groups is 1. The number of benzene rings is 2. The summed E-state index contributed by atoms with van der Waals surface area (Å²) in [6.45, 7) is 14.3. The lowest BCUT2D eigenvalue weighted by molar-refractivity contribution is -0.164. The van der Waals surface area contributed by atoms with Crippen molar-refractivity contribution in [3.63, 3.8) is 0 Å². The molecule has 3 aromatic heterocycles. The Bertz CT molecular complexity index is 2980. The van der Waals surface area contributed by atoms with E-state index < -0.39 is 17.5 Å². The first-order valence-corrected chi connectivity index (χ1v) is 25.6. The Labute approximate surface area is 423 Å². The summed E-state index contributed by atoms with van der Waals surface area (Å²) in [4.78, 5) is 76.4. The van der Waals surface area contributed by atoms with Gasteiger partial charge in [-0.1, -0.05) is 44.5 Å². The lowest BCUT2D eigenvalue weighted by atomic mass is 9.49. The summed E-state index contributed by atoms with van der Waals surface area (Å²) < 4.78 is 9.53. The number of nitrogens with zero attached hydrogens (tertiary/aromatic N) is 10. The van der Waals surface area contributed by atoms with E-state index in [9.17, 15) is 29.2 Å². The molecule has 19 heteroatoms. The van der Waals surface area contributed by atoms with Crippen molar-refractivity contribution in [2.24, 2.45) is 22.7 Å². The zero-order valence-electron chi connectivity index (χ0n) is 41.2. The maximum atomic E-state index is 13.8. The summed E-state index contributed by atoms with van der Waals surface area (Å²) in [5.41, 5.74) is 2.64. The third-order valence-corrected chi connectivity index (χ3v) is 16.4. The summed E-state index contributed by atoms with van der Waals surface area (Å²) in [6, 6.07) is 15.5. The Hall–Kier alpha value is -6.71. The molecule has 4 saturated heterocycles. The van der Waals surface area contributed by atoms with Gasteiger partial charge in [0, 0.05) is 105 Å². The number of carbonyl (C=O) groups is 4. The van der Waals surface area contributed by atoms with Crippen LogP contribution in [0.3, 0.4) is 0 Å². The van der Waals surface area contributed by atoms with E-state index in [2.05, 4.69) is 85.3 Å². The van der Waals surface area contributed by atoms with Crippen LogP contribution in [-0.2, 0) is 14.4 Å². The molecule has 0 spiro atoms. The fourth-order valence-corrected chi connectivity index (χ4v) is 12.5. The second-order valence-electron chi connectivity index (χ2n) is 21.5. The van der Waals surface area contributed by atoms with E-state index in [1.165, 1.54) is 0 Å². The van der Waals surface area contributed by atoms with Gasteiger partial charge in [-0.2, -0.15) is 15.0 Å². The highest BCUT2D eigenvalue weighted by Gasteiger charge is 2.64. The maximum absolute atomic E-state index is 13.8. The van der Waals surface area contributed by atoms with Crippen LogP contribution < -0.4 is 25.8 Å². The molecule has 7 heterocycles. The number of hydrogen-bond donors (Lipinski definition) is 2. The second-order valence-corrected chi connectivity index (χ2v) is 21.9. The van der Waals surface area contributed by atoms with Gasteiger partial charge in [0.05, 0.1) is 39.5 Å². The molecule has 4 aliphatic heterocycles. The van der Waals surface area contributed by atoms with Gasteiger partial charge in [0.15, 0.2) is 0 Å². The Morgan fingerprint density at radius 3 is 2.32 bits per heavy atom. The maximum Gasteiger partial charge on any atom is 0.278 e. The van der Waals surface area contributed by atoms with Crippen LogP contribution in [0.25, 0.3) is 22.2 Å². The summed E-state index contributed by atoms with van der Waals surface area (Å²) in [6.07, 6.45) is 11.1. The number of halogens is 1. The average molecular weight is 998 g/mol. The molecule has 1 unspecified atom stereocenters. The van der Waals surface area contributed by atoms with Crippen molar-refractivity contribution in [3.05, 3.63) is 93.6 Å². The highest BCUT2D eigenvalue weighted by atomic mass is 35.5. The van der Waals surface area contributed by atoms with Crippen LogP contribution in [-0.4, -0.2) is 121 Å². The molecule has 0 radical (unpaired) electrons.